The molecule has 0 unspecified atom stereocenters. The number of carbonyl (C=O) groups is 3. The Morgan fingerprint density at radius 1 is 1.17 bits per heavy atom. The SMILES string of the molecule is C[C@@H](OC(=O)C[C@H]1Sc2ccccc2NC1=O)C(=O)N1CCc2ccccc2C1. The summed E-state index contributed by atoms with van der Waals surface area (Å²) in [6.07, 6.45) is -0.164. The first-order chi connectivity index (χ1) is 14.0. The van der Waals surface area contributed by atoms with Crippen molar-refractivity contribution >= 4 is 35.2 Å². The van der Waals surface area contributed by atoms with Gasteiger partial charge in [0.1, 0.15) is 0 Å². The van der Waals surface area contributed by atoms with Gasteiger partial charge >= 0.3 is 5.97 Å². The number of esters is 1. The number of benzene rings is 2. The third-order valence-corrected chi connectivity index (χ3v) is 6.43. The van der Waals surface area contributed by atoms with Crippen molar-refractivity contribution in [3.63, 3.8) is 0 Å². The molecule has 7 heteroatoms. The molecule has 2 aromatic rings. The largest absolute Gasteiger partial charge is 0.452 e. The number of thioether (sulfide) groups is 1. The summed E-state index contributed by atoms with van der Waals surface area (Å²) in [5.41, 5.74) is 3.13. The fourth-order valence-corrected chi connectivity index (χ4v) is 4.71. The number of fused-ring (bicyclic) bond motifs is 2. The monoisotopic (exact) mass is 410 g/mol. The first-order valence-electron chi connectivity index (χ1n) is 9.63. The second kappa shape index (κ2) is 8.29. The van der Waals surface area contributed by atoms with Crippen LogP contribution in [0.1, 0.15) is 24.5 Å². The Kier molecular flexibility index (Phi) is 5.58. The van der Waals surface area contributed by atoms with Crippen LogP contribution >= 0.6 is 11.8 Å². The second-order valence-electron chi connectivity index (χ2n) is 7.21. The second-order valence-corrected chi connectivity index (χ2v) is 8.45. The van der Waals surface area contributed by atoms with Gasteiger partial charge in [0.05, 0.1) is 17.4 Å². The zero-order valence-corrected chi connectivity index (χ0v) is 16.9. The molecule has 0 fully saturated rings. The summed E-state index contributed by atoms with van der Waals surface area (Å²) in [5.74, 6) is -0.980. The van der Waals surface area contributed by atoms with Crippen LogP contribution < -0.4 is 5.32 Å². The zero-order valence-electron chi connectivity index (χ0n) is 16.1. The van der Waals surface area contributed by atoms with Crippen LogP contribution in [0.25, 0.3) is 0 Å². The van der Waals surface area contributed by atoms with E-state index in [0.717, 1.165) is 22.6 Å². The van der Waals surface area contributed by atoms with E-state index in [1.807, 2.05) is 42.5 Å². The number of nitrogens with zero attached hydrogens (tertiary/aromatic N) is 1. The molecule has 6 nitrogen and oxygen atoms in total. The van der Waals surface area contributed by atoms with E-state index >= 15 is 0 Å². The Balaban J connectivity index is 1.33. The van der Waals surface area contributed by atoms with Crippen molar-refractivity contribution in [3.05, 3.63) is 59.7 Å². The van der Waals surface area contributed by atoms with Crippen molar-refractivity contribution in [2.75, 3.05) is 11.9 Å². The van der Waals surface area contributed by atoms with E-state index in [1.54, 1.807) is 11.8 Å². The van der Waals surface area contributed by atoms with Crippen molar-refractivity contribution in [2.24, 2.45) is 0 Å². The summed E-state index contributed by atoms with van der Waals surface area (Å²) in [7, 11) is 0. The molecule has 2 aliphatic rings. The molecule has 4 rings (SSSR count). The Labute approximate surface area is 173 Å². The number of carbonyl (C=O) groups excluding carboxylic acids is 3. The van der Waals surface area contributed by atoms with E-state index in [-0.39, 0.29) is 18.2 Å². The number of hydrogen-bond acceptors (Lipinski definition) is 5. The van der Waals surface area contributed by atoms with E-state index in [1.165, 1.54) is 17.3 Å². The van der Waals surface area contributed by atoms with Gasteiger partial charge < -0.3 is 15.0 Å². The van der Waals surface area contributed by atoms with Gasteiger partial charge in [0, 0.05) is 18.0 Å². The van der Waals surface area contributed by atoms with Crippen LogP contribution in [-0.4, -0.2) is 40.6 Å². The minimum absolute atomic E-state index is 0.0781. The summed E-state index contributed by atoms with van der Waals surface area (Å²) in [4.78, 5) is 40.0. The number of nitrogens with one attached hydrogen (secondary N) is 1. The molecule has 0 saturated carbocycles. The van der Waals surface area contributed by atoms with Crippen LogP contribution in [0.5, 0.6) is 0 Å². The maximum absolute atomic E-state index is 12.7. The Morgan fingerprint density at radius 3 is 2.72 bits per heavy atom. The van der Waals surface area contributed by atoms with E-state index < -0.39 is 17.3 Å². The molecule has 2 aromatic carbocycles. The van der Waals surface area contributed by atoms with E-state index in [2.05, 4.69) is 11.4 Å². The van der Waals surface area contributed by atoms with Gasteiger partial charge in [-0.1, -0.05) is 36.4 Å². The lowest BCUT2D eigenvalue weighted by molar-refractivity contribution is -0.159. The van der Waals surface area contributed by atoms with Crippen LogP contribution in [0.15, 0.2) is 53.4 Å². The van der Waals surface area contributed by atoms with Crippen LogP contribution in [0.4, 0.5) is 5.69 Å². The molecule has 0 radical (unpaired) electrons. The topological polar surface area (TPSA) is 75.7 Å². The maximum atomic E-state index is 12.7. The minimum Gasteiger partial charge on any atom is -0.452 e. The fraction of sp³-hybridized carbons (Fsp3) is 0.318. The van der Waals surface area contributed by atoms with Gasteiger partial charge in [0.25, 0.3) is 5.91 Å². The van der Waals surface area contributed by atoms with E-state index in [4.69, 9.17) is 4.74 Å². The lowest BCUT2D eigenvalue weighted by Gasteiger charge is -2.31. The molecular weight excluding hydrogens is 388 g/mol. The molecule has 0 aliphatic carbocycles. The normalized spacial score (nSPS) is 18.9. The number of rotatable bonds is 4. The molecule has 2 atom stereocenters. The Bertz CT molecular complexity index is 961. The summed E-state index contributed by atoms with van der Waals surface area (Å²) in [5, 5.41) is 2.24. The smallest absolute Gasteiger partial charge is 0.308 e. The minimum atomic E-state index is -0.878. The number of anilines is 1. The van der Waals surface area contributed by atoms with Gasteiger partial charge in [-0.15, -0.1) is 11.8 Å². The molecule has 2 amide bonds. The van der Waals surface area contributed by atoms with Gasteiger partial charge in [-0.2, -0.15) is 0 Å². The van der Waals surface area contributed by atoms with Crippen LogP contribution in [-0.2, 0) is 32.1 Å². The highest BCUT2D eigenvalue weighted by Crippen LogP contribution is 2.36. The van der Waals surface area contributed by atoms with Crippen molar-refractivity contribution in [2.45, 2.75) is 42.6 Å². The molecular formula is C22H22N2O4S. The van der Waals surface area contributed by atoms with Crippen molar-refractivity contribution in [3.8, 4) is 0 Å². The van der Waals surface area contributed by atoms with E-state index in [0.29, 0.717) is 13.1 Å². The fourth-order valence-electron chi connectivity index (χ4n) is 3.62. The van der Waals surface area contributed by atoms with Crippen LogP contribution in [0.3, 0.4) is 0 Å². The predicted octanol–water partition coefficient (Wildman–Crippen LogP) is 3.01. The van der Waals surface area contributed by atoms with Gasteiger partial charge in [0.2, 0.25) is 5.91 Å². The molecule has 0 saturated heterocycles. The van der Waals surface area contributed by atoms with Gasteiger partial charge in [-0.05, 0) is 36.6 Å². The van der Waals surface area contributed by atoms with Gasteiger partial charge in [0.15, 0.2) is 6.10 Å². The van der Waals surface area contributed by atoms with Crippen molar-refractivity contribution in [1.29, 1.82) is 0 Å². The first kappa shape index (κ1) is 19.5. The highest BCUT2D eigenvalue weighted by atomic mass is 32.2. The number of amides is 2. The van der Waals surface area contributed by atoms with E-state index in [9.17, 15) is 14.4 Å². The third-order valence-electron chi connectivity index (χ3n) is 5.16. The van der Waals surface area contributed by atoms with Crippen LogP contribution in [0, 0.1) is 0 Å². The third kappa shape index (κ3) is 4.29. The predicted molar refractivity (Wildman–Crippen MR) is 110 cm³/mol. The van der Waals surface area contributed by atoms with Gasteiger partial charge in [-0.25, -0.2) is 0 Å². The summed E-state index contributed by atoms with van der Waals surface area (Å²) < 4.78 is 5.37. The van der Waals surface area contributed by atoms with Crippen molar-refractivity contribution < 1.29 is 19.1 Å². The summed E-state index contributed by atoms with van der Waals surface area (Å²) in [6, 6.07) is 15.5. The summed E-state index contributed by atoms with van der Waals surface area (Å²) >= 11 is 1.34. The molecule has 0 bridgehead atoms. The van der Waals surface area contributed by atoms with Crippen molar-refractivity contribution in [1.82, 2.24) is 4.90 Å². The first-order valence-corrected chi connectivity index (χ1v) is 10.5. The molecule has 0 spiro atoms. The number of para-hydroxylation sites is 1. The lowest BCUT2D eigenvalue weighted by Crippen LogP contribution is -2.43. The highest BCUT2D eigenvalue weighted by Gasteiger charge is 2.32. The maximum Gasteiger partial charge on any atom is 0.308 e. The lowest BCUT2D eigenvalue weighted by atomic mass is 9.99. The number of hydrogen-bond donors (Lipinski definition) is 1. The zero-order chi connectivity index (χ0) is 20.4. The molecule has 29 heavy (non-hydrogen) atoms. The summed E-state index contributed by atoms with van der Waals surface area (Å²) in [6.45, 7) is 2.72. The highest BCUT2D eigenvalue weighted by molar-refractivity contribution is 8.01. The average molecular weight is 410 g/mol. The molecule has 2 heterocycles. The quantitative estimate of drug-likeness (QED) is 0.785. The number of ether oxygens (including phenoxy) is 1. The van der Waals surface area contributed by atoms with Crippen LogP contribution in [0.2, 0.25) is 0 Å². The molecule has 0 aromatic heterocycles. The molecule has 150 valence electrons. The molecule has 2 aliphatic heterocycles. The standard InChI is InChI=1S/C22H22N2O4S/c1-14(22(27)24-11-10-15-6-2-3-7-16(15)13-24)28-20(25)12-19-21(26)23-17-8-4-5-9-18(17)29-19/h2-9,14,19H,10-13H2,1H3,(H,23,26)/t14-,19-/m1/s1. The Hall–Kier alpha value is -2.80. The molecule has 1 N–H and O–H groups in total. The average Bonchev–Trinajstić information content (AvgIpc) is 2.73. The van der Waals surface area contributed by atoms with Gasteiger partial charge in [-0.3, -0.25) is 14.4 Å². The Morgan fingerprint density at radius 2 is 1.90 bits per heavy atom.